The summed E-state index contributed by atoms with van der Waals surface area (Å²) in [4.78, 5) is 25.9. The minimum Gasteiger partial charge on any atom is -0.494 e. The molecule has 0 atom stereocenters. The Morgan fingerprint density at radius 3 is 2.72 bits per heavy atom. The van der Waals surface area contributed by atoms with Gasteiger partial charge in [-0.1, -0.05) is 13.3 Å². The number of nitro benzene ring substituents is 1. The van der Waals surface area contributed by atoms with Crippen LogP contribution in [0.5, 0.6) is 5.75 Å². The number of nitrogens with one attached hydrogen (secondary N) is 2. The third-order valence-electron chi connectivity index (χ3n) is 4.51. The SMILES string of the molecule is CCCCOc1ccc(/C=N\NC(=O)c2[nH]c3ccc([N+](=O)[O-])cc3c2C)cc1. The number of carbonyl (C=O) groups is 1. The van der Waals surface area contributed by atoms with Gasteiger partial charge in [-0.25, -0.2) is 5.43 Å². The predicted molar refractivity (Wildman–Crippen MR) is 112 cm³/mol. The van der Waals surface area contributed by atoms with E-state index in [2.05, 4.69) is 22.4 Å². The van der Waals surface area contributed by atoms with Crippen LogP contribution in [0.25, 0.3) is 10.9 Å². The quantitative estimate of drug-likeness (QED) is 0.256. The molecule has 0 aliphatic carbocycles. The van der Waals surface area contributed by atoms with Crippen molar-refractivity contribution in [3.8, 4) is 5.75 Å². The fourth-order valence-corrected chi connectivity index (χ4v) is 2.86. The highest BCUT2D eigenvalue weighted by Gasteiger charge is 2.16. The van der Waals surface area contributed by atoms with Crippen LogP contribution >= 0.6 is 0 Å². The molecule has 2 N–H and O–H groups in total. The van der Waals surface area contributed by atoms with Crippen molar-refractivity contribution >= 4 is 28.7 Å². The molecule has 3 rings (SSSR count). The lowest BCUT2D eigenvalue weighted by Crippen LogP contribution is -2.18. The molecule has 0 aliphatic heterocycles. The van der Waals surface area contributed by atoms with Gasteiger partial charge < -0.3 is 9.72 Å². The monoisotopic (exact) mass is 394 g/mol. The molecule has 3 aromatic rings. The number of aryl methyl sites for hydroxylation is 1. The topological polar surface area (TPSA) is 110 Å². The summed E-state index contributed by atoms with van der Waals surface area (Å²) in [6.07, 6.45) is 3.63. The van der Waals surface area contributed by atoms with Crippen LogP contribution in [0.2, 0.25) is 0 Å². The lowest BCUT2D eigenvalue weighted by Gasteiger charge is -2.04. The average Bonchev–Trinajstić information content (AvgIpc) is 3.05. The largest absolute Gasteiger partial charge is 0.494 e. The standard InChI is InChI=1S/C21H22N4O4/c1-3-4-11-29-17-8-5-15(6-9-17)13-22-24-21(26)20-14(2)18-12-16(25(27)28)7-10-19(18)23-20/h5-10,12-13,23H,3-4,11H2,1-2H3,(H,24,26)/b22-13-. The first-order chi connectivity index (χ1) is 14.0. The minimum absolute atomic E-state index is 0.0216. The van der Waals surface area contributed by atoms with E-state index in [0.29, 0.717) is 28.8 Å². The zero-order valence-corrected chi connectivity index (χ0v) is 16.3. The van der Waals surface area contributed by atoms with E-state index in [9.17, 15) is 14.9 Å². The highest BCUT2D eigenvalue weighted by atomic mass is 16.6. The number of non-ortho nitro benzene ring substituents is 1. The molecule has 1 aromatic heterocycles. The zero-order valence-electron chi connectivity index (χ0n) is 16.3. The summed E-state index contributed by atoms with van der Waals surface area (Å²) in [7, 11) is 0. The second kappa shape index (κ2) is 9.01. The number of aromatic amines is 1. The predicted octanol–water partition coefficient (Wildman–Crippen LogP) is 4.33. The molecule has 0 spiro atoms. The Morgan fingerprint density at radius 1 is 1.28 bits per heavy atom. The fraction of sp³-hybridized carbons (Fsp3) is 0.238. The number of nitrogens with zero attached hydrogens (tertiary/aromatic N) is 2. The molecule has 0 radical (unpaired) electrons. The number of benzene rings is 2. The normalized spacial score (nSPS) is 11.1. The molecule has 1 heterocycles. The molecule has 0 bridgehead atoms. The van der Waals surface area contributed by atoms with Crippen molar-refractivity contribution in [1.29, 1.82) is 0 Å². The molecule has 0 fully saturated rings. The summed E-state index contributed by atoms with van der Waals surface area (Å²) >= 11 is 0. The highest BCUT2D eigenvalue weighted by molar-refractivity contribution is 6.01. The molecule has 150 valence electrons. The average molecular weight is 394 g/mol. The smallest absolute Gasteiger partial charge is 0.288 e. The number of fused-ring (bicyclic) bond motifs is 1. The van der Waals surface area contributed by atoms with Crippen molar-refractivity contribution in [2.24, 2.45) is 5.10 Å². The van der Waals surface area contributed by atoms with Crippen LogP contribution in [-0.4, -0.2) is 28.6 Å². The third kappa shape index (κ3) is 4.78. The van der Waals surface area contributed by atoms with Crippen LogP contribution in [0.15, 0.2) is 47.6 Å². The van der Waals surface area contributed by atoms with E-state index in [0.717, 1.165) is 24.2 Å². The second-order valence-electron chi connectivity index (χ2n) is 6.58. The molecule has 2 aromatic carbocycles. The number of hydrogen-bond donors (Lipinski definition) is 2. The highest BCUT2D eigenvalue weighted by Crippen LogP contribution is 2.26. The third-order valence-corrected chi connectivity index (χ3v) is 4.51. The lowest BCUT2D eigenvalue weighted by atomic mass is 10.1. The Morgan fingerprint density at radius 2 is 2.03 bits per heavy atom. The number of amides is 1. The maximum atomic E-state index is 12.4. The zero-order chi connectivity index (χ0) is 20.8. The molecule has 0 saturated carbocycles. The number of rotatable bonds is 8. The summed E-state index contributed by atoms with van der Waals surface area (Å²) in [5.74, 6) is 0.375. The number of carbonyl (C=O) groups excluding carboxylic acids is 1. The van der Waals surface area contributed by atoms with Crippen molar-refractivity contribution in [2.45, 2.75) is 26.7 Å². The molecule has 8 nitrogen and oxygen atoms in total. The number of aromatic nitrogens is 1. The molecule has 0 saturated heterocycles. The first-order valence-electron chi connectivity index (χ1n) is 9.32. The van der Waals surface area contributed by atoms with E-state index >= 15 is 0 Å². The van der Waals surface area contributed by atoms with Crippen molar-refractivity contribution in [3.05, 3.63) is 69.4 Å². The maximum Gasteiger partial charge on any atom is 0.288 e. The summed E-state index contributed by atoms with van der Waals surface area (Å²) in [5.41, 5.74) is 4.87. The summed E-state index contributed by atoms with van der Waals surface area (Å²) in [6, 6.07) is 11.8. The number of hydrazone groups is 1. The van der Waals surface area contributed by atoms with Crippen LogP contribution in [0.3, 0.4) is 0 Å². The first kappa shape index (κ1) is 20.1. The fourth-order valence-electron chi connectivity index (χ4n) is 2.86. The van der Waals surface area contributed by atoms with Gasteiger partial charge in [-0.15, -0.1) is 0 Å². The van der Waals surface area contributed by atoms with Crippen LogP contribution in [0.4, 0.5) is 5.69 Å². The van der Waals surface area contributed by atoms with Gasteiger partial charge in [0.05, 0.1) is 17.7 Å². The van der Waals surface area contributed by atoms with Gasteiger partial charge in [-0.2, -0.15) is 5.10 Å². The van der Waals surface area contributed by atoms with Crippen LogP contribution in [-0.2, 0) is 0 Å². The number of unbranched alkanes of at least 4 members (excludes halogenated alkanes) is 1. The summed E-state index contributed by atoms with van der Waals surface area (Å²) in [5, 5.41) is 15.6. The molecular formula is C21H22N4O4. The van der Waals surface area contributed by atoms with Crippen molar-refractivity contribution < 1.29 is 14.5 Å². The lowest BCUT2D eigenvalue weighted by molar-refractivity contribution is -0.384. The van der Waals surface area contributed by atoms with Gasteiger partial charge in [0.25, 0.3) is 11.6 Å². The first-order valence-corrected chi connectivity index (χ1v) is 9.32. The Bertz CT molecular complexity index is 1050. The summed E-state index contributed by atoms with van der Waals surface area (Å²) < 4.78 is 5.61. The van der Waals surface area contributed by atoms with Crippen molar-refractivity contribution in [2.75, 3.05) is 6.61 Å². The van der Waals surface area contributed by atoms with E-state index in [4.69, 9.17) is 4.74 Å². The van der Waals surface area contributed by atoms with E-state index in [1.54, 1.807) is 13.0 Å². The number of H-pyrrole nitrogens is 1. The van der Waals surface area contributed by atoms with Gasteiger partial charge in [0.2, 0.25) is 0 Å². The molecular weight excluding hydrogens is 372 g/mol. The van der Waals surface area contributed by atoms with Crippen LogP contribution in [0.1, 0.15) is 41.4 Å². The van der Waals surface area contributed by atoms with Gasteiger partial charge in [0.1, 0.15) is 11.4 Å². The van der Waals surface area contributed by atoms with Gasteiger partial charge in [-0.05, 0) is 54.8 Å². The number of nitro groups is 1. The van der Waals surface area contributed by atoms with E-state index in [1.165, 1.54) is 18.3 Å². The van der Waals surface area contributed by atoms with Gasteiger partial charge in [0.15, 0.2) is 0 Å². The molecule has 29 heavy (non-hydrogen) atoms. The molecule has 0 unspecified atom stereocenters. The minimum atomic E-state index is -0.462. The van der Waals surface area contributed by atoms with E-state index < -0.39 is 10.8 Å². The van der Waals surface area contributed by atoms with Gasteiger partial charge in [0, 0.05) is 23.0 Å². The van der Waals surface area contributed by atoms with Crippen LogP contribution in [0, 0.1) is 17.0 Å². The maximum absolute atomic E-state index is 12.4. The Labute approximate surface area is 167 Å². The molecule has 1 amide bonds. The Hall–Kier alpha value is -3.68. The van der Waals surface area contributed by atoms with Crippen LogP contribution < -0.4 is 10.2 Å². The van der Waals surface area contributed by atoms with Gasteiger partial charge in [-0.3, -0.25) is 14.9 Å². The van der Waals surface area contributed by atoms with Crippen molar-refractivity contribution in [3.63, 3.8) is 0 Å². The molecule has 8 heteroatoms. The Balaban J connectivity index is 1.66. The molecule has 0 aliphatic rings. The van der Waals surface area contributed by atoms with Gasteiger partial charge >= 0.3 is 0 Å². The van der Waals surface area contributed by atoms with E-state index in [-0.39, 0.29) is 5.69 Å². The summed E-state index contributed by atoms with van der Waals surface area (Å²) in [6.45, 7) is 4.53. The Kier molecular flexibility index (Phi) is 6.23. The van der Waals surface area contributed by atoms with E-state index in [1.807, 2.05) is 24.3 Å². The van der Waals surface area contributed by atoms with Crippen molar-refractivity contribution in [1.82, 2.24) is 10.4 Å². The second-order valence-corrected chi connectivity index (χ2v) is 6.58. The number of ether oxygens (including phenoxy) is 1. The number of hydrogen-bond acceptors (Lipinski definition) is 5.